The Morgan fingerprint density at radius 2 is 1.75 bits per heavy atom. The Balaban J connectivity index is 1.84. The lowest BCUT2D eigenvalue weighted by Crippen LogP contribution is -2.68. The molecule has 1 aromatic rings. The Hall–Kier alpha value is -0.960. The molecule has 1 aromatic heterocycles. The van der Waals surface area contributed by atoms with Gasteiger partial charge >= 0.3 is 0 Å². The second-order valence-electron chi connectivity index (χ2n) is 7.61. The van der Waals surface area contributed by atoms with Crippen molar-refractivity contribution in [2.24, 2.45) is 5.73 Å². The Bertz CT molecular complexity index is 615. The highest BCUT2D eigenvalue weighted by atomic mass is 16.9. The lowest BCUT2D eigenvalue weighted by molar-refractivity contribution is -0.303. The molecule has 1 aliphatic carbocycles. The highest BCUT2D eigenvalue weighted by molar-refractivity contribution is 5.23. The molecule has 0 bridgehead atoms. The third kappa shape index (κ3) is 2.20. The molecule has 0 aromatic carbocycles. The van der Waals surface area contributed by atoms with Crippen molar-refractivity contribution in [1.82, 2.24) is 0 Å². The number of methoxy groups -OCH3 is 1. The minimum absolute atomic E-state index is 0.277. The van der Waals surface area contributed by atoms with Crippen LogP contribution in [0.3, 0.4) is 0 Å². The van der Waals surface area contributed by atoms with E-state index in [9.17, 15) is 0 Å². The summed E-state index contributed by atoms with van der Waals surface area (Å²) in [6.45, 7) is 7.43. The first-order valence-corrected chi connectivity index (χ1v) is 8.27. The molecule has 0 amide bonds. The topological polar surface area (TPSA) is 85.3 Å². The standard InChI is InChI=1S/C17H25NO6/c1-15(2)21-12-11(18)10(9-7-6-8-20-9)13-17(19-5,14(12)23-15)24-16(3,4)22-13/h6-8,10-14H,18H2,1-5H3. The fraction of sp³-hybridized carbons (Fsp3) is 0.765. The number of fused-ring (bicyclic) bond motifs is 3. The average Bonchev–Trinajstić information content (AvgIpc) is 3.16. The van der Waals surface area contributed by atoms with Crippen molar-refractivity contribution >= 4 is 0 Å². The predicted molar refractivity (Wildman–Crippen MR) is 83.0 cm³/mol. The first kappa shape index (κ1) is 16.5. The van der Waals surface area contributed by atoms with Gasteiger partial charge in [0.2, 0.25) is 5.79 Å². The molecule has 2 N–H and O–H groups in total. The summed E-state index contributed by atoms with van der Waals surface area (Å²) in [7, 11) is 1.60. The monoisotopic (exact) mass is 339 g/mol. The summed E-state index contributed by atoms with van der Waals surface area (Å²) in [6, 6.07) is 3.34. The molecule has 0 spiro atoms. The molecule has 7 heteroatoms. The van der Waals surface area contributed by atoms with E-state index >= 15 is 0 Å². The Kier molecular flexibility index (Phi) is 3.46. The van der Waals surface area contributed by atoms with E-state index < -0.39 is 35.7 Å². The molecule has 7 nitrogen and oxygen atoms in total. The zero-order valence-corrected chi connectivity index (χ0v) is 14.6. The van der Waals surface area contributed by atoms with Crippen LogP contribution >= 0.6 is 0 Å². The molecular formula is C17H25NO6. The van der Waals surface area contributed by atoms with Crippen LogP contribution in [0.5, 0.6) is 0 Å². The lowest BCUT2D eigenvalue weighted by Gasteiger charge is -2.47. The van der Waals surface area contributed by atoms with Crippen LogP contribution in [0.15, 0.2) is 22.8 Å². The number of furan rings is 1. The second-order valence-corrected chi connectivity index (χ2v) is 7.61. The molecule has 6 unspecified atom stereocenters. The van der Waals surface area contributed by atoms with E-state index in [0.717, 1.165) is 5.76 Å². The van der Waals surface area contributed by atoms with E-state index in [2.05, 4.69) is 0 Å². The minimum Gasteiger partial charge on any atom is -0.469 e. The maximum absolute atomic E-state index is 6.58. The van der Waals surface area contributed by atoms with Gasteiger partial charge < -0.3 is 33.8 Å². The van der Waals surface area contributed by atoms with E-state index in [1.165, 1.54) is 0 Å². The Morgan fingerprint density at radius 1 is 1.04 bits per heavy atom. The van der Waals surface area contributed by atoms with Gasteiger partial charge in [-0.2, -0.15) is 0 Å². The Morgan fingerprint density at radius 3 is 2.38 bits per heavy atom. The zero-order valence-electron chi connectivity index (χ0n) is 14.6. The predicted octanol–water partition coefficient (Wildman–Crippen LogP) is 1.72. The van der Waals surface area contributed by atoms with Crippen molar-refractivity contribution in [3.8, 4) is 0 Å². The third-order valence-electron chi connectivity index (χ3n) is 5.05. The van der Waals surface area contributed by atoms with Crippen LogP contribution in [0.2, 0.25) is 0 Å². The molecule has 3 heterocycles. The van der Waals surface area contributed by atoms with Gasteiger partial charge in [-0.1, -0.05) is 0 Å². The van der Waals surface area contributed by atoms with Crippen LogP contribution < -0.4 is 5.73 Å². The lowest BCUT2D eigenvalue weighted by atomic mass is 9.74. The zero-order chi connectivity index (χ0) is 17.3. The summed E-state index contributed by atoms with van der Waals surface area (Å²) in [5.74, 6) is -2.29. The van der Waals surface area contributed by atoms with Gasteiger partial charge in [-0.05, 0) is 39.8 Å². The van der Waals surface area contributed by atoms with Gasteiger partial charge in [0.25, 0.3) is 0 Å². The van der Waals surface area contributed by atoms with Gasteiger partial charge in [-0.25, -0.2) is 0 Å². The molecule has 3 fully saturated rings. The summed E-state index contributed by atoms with van der Waals surface area (Å²) in [6.07, 6.45) is 0.256. The third-order valence-corrected chi connectivity index (χ3v) is 5.05. The molecule has 0 radical (unpaired) electrons. The largest absolute Gasteiger partial charge is 0.469 e. The maximum atomic E-state index is 6.58. The van der Waals surface area contributed by atoms with Crippen molar-refractivity contribution in [3.05, 3.63) is 24.2 Å². The molecule has 134 valence electrons. The normalized spacial score (nSPS) is 45.8. The number of hydrogen-bond acceptors (Lipinski definition) is 7. The number of rotatable bonds is 2. The van der Waals surface area contributed by atoms with Gasteiger partial charge in [-0.15, -0.1) is 0 Å². The van der Waals surface area contributed by atoms with Gasteiger partial charge in [0.05, 0.1) is 12.2 Å². The Labute approximate surface area is 141 Å². The second kappa shape index (κ2) is 5.03. The van der Waals surface area contributed by atoms with Crippen molar-refractivity contribution in [2.75, 3.05) is 7.11 Å². The average molecular weight is 339 g/mol. The fourth-order valence-corrected chi connectivity index (χ4v) is 4.28. The molecule has 6 atom stereocenters. The molecule has 1 saturated carbocycles. The highest BCUT2D eigenvalue weighted by Gasteiger charge is 2.72. The van der Waals surface area contributed by atoms with E-state index in [-0.39, 0.29) is 12.0 Å². The summed E-state index contributed by atoms with van der Waals surface area (Å²) in [4.78, 5) is 0. The molecule has 24 heavy (non-hydrogen) atoms. The molecule has 3 aliphatic rings. The number of ether oxygens (including phenoxy) is 5. The van der Waals surface area contributed by atoms with Gasteiger partial charge in [0, 0.05) is 13.2 Å². The molecule has 2 saturated heterocycles. The van der Waals surface area contributed by atoms with Crippen LogP contribution in [0.4, 0.5) is 0 Å². The summed E-state index contributed by atoms with van der Waals surface area (Å²) in [5.41, 5.74) is 6.58. The van der Waals surface area contributed by atoms with E-state index in [1.54, 1.807) is 13.4 Å². The molecule has 2 aliphatic heterocycles. The first-order valence-electron chi connectivity index (χ1n) is 8.27. The van der Waals surface area contributed by atoms with Gasteiger partial charge in [-0.3, -0.25) is 0 Å². The summed E-state index contributed by atoms with van der Waals surface area (Å²) < 4.78 is 36.2. The smallest absolute Gasteiger partial charge is 0.227 e. The van der Waals surface area contributed by atoms with Crippen molar-refractivity contribution in [2.45, 2.75) is 75.3 Å². The quantitative estimate of drug-likeness (QED) is 0.878. The van der Waals surface area contributed by atoms with Crippen LogP contribution in [0.25, 0.3) is 0 Å². The molecular weight excluding hydrogens is 314 g/mol. The van der Waals surface area contributed by atoms with Gasteiger partial charge in [0.1, 0.15) is 24.1 Å². The molecule has 4 rings (SSSR count). The summed E-state index contributed by atoms with van der Waals surface area (Å²) in [5, 5.41) is 0. The minimum atomic E-state index is -1.12. The van der Waals surface area contributed by atoms with Crippen LogP contribution in [0, 0.1) is 0 Å². The van der Waals surface area contributed by atoms with E-state index in [4.69, 9.17) is 33.8 Å². The van der Waals surface area contributed by atoms with E-state index in [0.29, 0.717) is 0 Å². The van der Waals surface area contributed by atoms with Crippen molar-refractivity contribution in [3.63, 3.8) is 0 Å². The van der Waals surface area contributed by atoms with Crippen molar-refractivity contribution < 1.29 is 28.1 Å². The van der Waals surface area contributed by atoms with Crippen LogP contribution in [0.1, 0.15) is 39.4 Å². The van der Waals surface area contributed by atoms with Crippen LogP contribution in [-0.4, -0.2) is 48.8 Å². The SMILES string of the molecule is COC12OC(C)(C)OC1C(c1ccco1)C(N)C1OC(C)(C)OC12. The van der Waals surface area contributed by atoms with E-state index in [1.807, 2.05) is 39.8 Å². The first-order chi connectivity index (χ1) is 11.2. The van der Waals surface area contributed by atoms with Gasteiger partial charge in [0.15, 0.2) is 11.6 Å². The summed E-state index contributed by atoms with van der Waals surface area (Å²) >= 11 is 0. The fourth-order valence-electron chi connectivity index (χ4n) is 4.28. The highest BCUT2D eigenvalue weighted by Crippen LogP contribution is 2.55. The van der Waals surface area contributed by atoms with Crippen LogP contribution in [-0.2, 0) is 23.7 Å². The van der Waals surface area contributed by atoms with Crippen molar-refractivity contribution in [1.29, 1.82) is 0 Å². The number of hydrogen-bond donors (Lipinski definition) is 1. The number of nitrogens with two attached hydrogens (primary N) is 1. The maximum Gasteiger partial charge on any atom is 0.227 e.